The SMILES string of the molecule is Cn1ncc2c(=O)n(CC3(O)CCN(C(=O)c4ccccc4)CC3)cnc21. The molecule has 1 amide bonds. The van der Waals surface area contributed by atoms with E-state index in [1.807, 2.05) is 18.2 Å². The van der Waals surface area contributed by atoms with Crippen molar-refractivity contribution in [3.05, 3.63) is 58.8 Å². The van der Waals surface area contributed by atoms with Crippen LogP contribution in [0.5, 0.6) is 0 Å². The Hall–Kier alpha value is -3.00. The molecule has 0 radical (unpaired) electrons. The van der Waals surface area contributed by atoms with E-state index in [2.05, 4.69) is 10.1 Å². The summed E-state index contributed by atoms with van der Waals surface area (Å²) in [5, 5.41) is 15.4. The molecule has 1 aliphatic heterocycles. The standard InChI is InChI=1S/C19H21N5O3/c1-22-16-15(11-21-22)18(26)24(13-20-16)12-19(27)7-9-23(10-8-19)17(25)14-5-3-2-4-6-14/h2-6,11,13,27H,7-10,12H2,1H3. The minimum absolute atomic E-state index is 0.0340. The number of aromatic nitrogens is 4. The Morgan fingerprint density at radius 2 is 1.93 bits per heavy atom. The number of likely N-dealkylation sites (tertiary alicyclic amines) is 1. The number of aliphatic hydroxyl groups is 1. The van der Waals surface area contributed by atoms with Gasteiger partial charge < -0.3 is 10.0 Å². The zero-order valence-corrected chi connectivity index (χ0v) is 15.1. The number of hydrogen-bond donors (Lipinski definition) is 1. The average molecular weight is 367 g/mol. The second-order valence-electron chi connectivity index (χ2n) is 7.07. The third-order valence-electron chi connectivity index (χ3n) is 5.18. The van der Waals surface area contributed by atoms with E-state index in [9.17, 15) is 14.7 Å². The first-order valence-corrected chi connectivity index (χ1v) is 8.91. The molecule has 8 heteroatoms. The summed E-state index contributed by atoms with van der Waals surface area (Å²) < 4.78 is 2.97. The lowest BCUT2D eigenvalue weighted by molar-refractivity contribution is -0.0299. The first-order chi connectivity index (χ1) is 13.0. The molecule has 1 fully saturated rings. The number of carbonyl (C=O) groups excluding carboxylic acids is 1. The van der Waals surface area contributed by atoms with Gasteiger partial charge in [0.05, 0.1) is 18.3 Å². The summed E-state index contributed by atoms with van der Waals surface area (Å²) in [5.74, 6) is -0.0340. The van der Waals surface area contributed by atoms with Crippen molar-refractivity contribution in [1.82, 2.24) is 24.2 Å². The molecule has 1 aromatic carbocycles. The molecule has 0 bridgehead atoms. The third-order valence-corrected chi connectivity index (χ3v) is 5.18. The smallest absolute Gasteiger partial charge is 0.264 e. The summed E-state index contributed by atoms with van der Waals surface area (Å²) in [7, 11) is 1.73. The lowest BCUT2D eigenvalue weighted by atomic mass is 9.91. The van der Waals surface area contributed by atoms with Gasteiger partial charge in [0.1, 0.15) is 11.7 Å². The third kappa shape index (κ3) is 3.23. The molecule has 8 nitrogen and oxygen atoms in total. The number of nitrogens with zero attached hydrogens (tertiary/aromatic N) is 5. The Kier molecular flexibility index (Phi) is 4.27. The van der Waals surface area contributed by atoms with Crippen LogP contribution in [0.1, 0.15) is 23.2 Å². The average Bonchev–Trinajstić information content (AvgIpc) is 3.06. The molecule has 2 aromatic heterocycles. The normalized spacial score (nSPS) is 16.6. The molecule has 0 spiro atoms. The van der Waals surface area contributed by atoms with Gasteiger partial charge in [0.2, 0.25) is 0 Å². The van der Waals surface area contributed by atoms with Gasteiger partial charge in [-0.2, -0.15) is 5.10 Å². The number of carbonyl (C=O) groups is 1. The first-order valence-electron chi connectivity index (χ1n) is 8.91. The van der Waals surface area contributed by atoms with Crippen molar-refractivity contribution in [3.63, 3.8) is 0 Å². The van der Waals surface area contributed by atoms with E-state index in [1.54, 1.807) is 28.8 Å². The molecular weight excluding hydrogens is 346 g/mol. The maximum absolute atomic E-state index is 12.6. The summed E-state index contributed by atoms with van der Waals surface area (Å²) in [4.78, 5) is 31.2. The van der Waals surface area contributed by atoms with Gasteiger partial charge >= 0.3 is 0 Å². The Morgan fingerprint density at radius 3 is 2.63 bits per heavy atom. The van der Waals surface area contributed by atoms with Crippen LogP contribution < -0.4 is 5.56 Å². The molecule has 1 saturated heterocycles. The minimum Gasteiger partial charge on any atom is -0.388 e. The fourth-order valence-electron chi connectivity index (χ4n) is 3.54. The highest BCUT2D eigenvalue weighted by Crippen LogP contribution is 2.25. The Bertz CT molecular complexity index is 1030. The lowest BCUT2D eigenvalue weighted by Gasteiger charge is -2.38. The number of amides is 1. The summed E-state index contributed by atoms with van der Waals surface area (Å²) in [6.45, 7) is 1.04. The fourth-order valence-corrected chi connectivity index (χ4v) is 3.54. The van der Waals surface area contributed by atoms with Gasteiger partial charge in [-0.15, -0.1) is 0 Å². The second kappa shape index (κ2) is 6.62. The molecule has 1 N–H and O–H groups in total. The summed E-state index contributed by atoms with van der Waals surface area (Å²) in [6, 6.07) is 9.12. The fraction of sp³-hybridized carbons (Fsp3) is 0.368. The van der Waals surface area contributed by atoms with Crippen molar-refractivity contribution in [2.45, 2.75) is 25.0 Å². The molecule has 3 heterocycles. The number of aryl methyl sites for hydroxylation is 1. The van der Waals surface area contributed by atoms with Crippen LogP contribution in [0.2, 0.25) is 0 Å². The minimum atomic E-state index is -1.05. The molecule has 27 heavy (non-hydrogen) atoms. The van der Waals surface area contributed by atoms with Crippen LogP contribution in [-0.2, 0) is 13.6 Å². The Morgan fingerprint density at radius 1 is 1.22 bits per heavy atom. The van der Waals surface area contributed by atoms with Crippen molar-refractivity contribution in [2.75, 3.05) is 13.1 Å². The quantitative estimate of drug-likeness (QED) is 0.739. The monoisotopic (exact) mass is 367 g/mol. The van der Waals surface area contributed by atoms with Crippen LogP contribution in [0.25, 0.3) is 11.0 Å². The van der Waals surface area contributed by atoms with Crippen molar-refractivity contribution in [3.8, 4) is 0 Å². The number of hydrogen-bond acceptors (Lipinski definition) is 5. The van der Waals surface area contributed by atoms with E-state index in [0.717, 1.165) is 0 Å². The Labute approximate surface area is 155 Å². The van der Waals surface area contributed by atoms with Gasteiger partial charge in [-0.3, -0.25) is 18.8 Å². The van der Waals surface area contributed by atoms with Crippen LogP contribution >= 0.6 is 0 Å². The van der Waals surface area contributed by atoms with Crippen LogP contribution in [0.4, 0.5) is 0 Å². The molecule has 0 atom stereocenters. The zero-order valence-electron chi connectivity index (χ0n) is 15.1. The van der Waals surface area contributed by atoms with Gasteiger partial charge in [-0.1, -0.05) is 18.2 Å². The van der Waals surface area contributed by atoms with E-state index >= 15 is 0 Å². The predicted molar refractivity (Wildman–Crippen MR) is 99.3 cm³/mol. The summed E-state index contributed by atoms with van der Waals surface area (Å²) in [6.07, 6.45) is 3.75. The maximum atomic E-state index is 12.6. The molecule has 3 aromatic rings. The summed E-state index contributed by atoms with van der Waals surface area (Å²) in [5.41, 5.74) is -0.101. The van der Waals surface area contributed by atoms with Gasteiger partial charge in [0, 0.05) is 25.7 Å². The lowest BCUT2D eigenvalue weighted by Crippen LogP contribution is -2.49. The van der Waals surface area contributed by atoms with E-state index in [1.165, 1.54) is 17.1 Å². The molecule has 0 aliphatic carbocycles. The molecule has 140 valence electrons. The van der Waals surface area contributed by atoms with Crippen molar-refractivity contribution in [1.29, 1.82) is 0 Å². The molecule has 0 saturated carbocycles. The topological polar surface area (TPSA) is 93.2 Å². The van der Waals surface area contributed by atoms with Gasteiger partial charge in [0.15, 0.2) is 5.65 Å². The molecule has 1 aliphatic rings. The Balaban J connectivity index is 1.48. The number of piperidine rings is 1. The first kappa shape index (κ1) is 17.4. The molecule has 4 rings (SSSR count). The van der Waals surface area contributed by atoms with Crippen LogP contribution in [0.3, 0.4) is 0 Å². The van der Waals surface area contributed by atoms with Crippen LogP contribution in [-0.4, -0.2) is 53.9 Å². The van der Waals surface area contributed by atoms with E-state index < -0.39 is 5.60 Å². The van der Waals surface area contributed by atoms with Gasteiger partial charge in [0.25, 0.3) is 11.5 Å². The number of rotatable bonds is 3. The van der Waals surface area contributed by atoms with Crippen molar-refractivity contribution >= 4 is 16.9 Å². The predicted octanol–water partition coefficient (Wildman–Crippen LogP) is 0.797. The van der Waals surface area contributed by atoms with E-state index in [0.29, 0.717) is 42.5 Å². The summed E-state index contributed by atoms with van der Waals surface area (Å²) >= 11 is 0. The highest BCUT2D eigenvalue weighted by Gasteiger charge is 2.35. The largest absolute Gasteiger partial charge is 0.388 e. The number of fused-ring (bicyclic) bond motifs is 1. The van der Waals surface area contributed by atoms with Gasteiger partial charge in [-0.25, -0.2) is 4.98 Å². The molecule has 0 unspecified atom stereocenters. The van der Waals surface area contributed by atoms with E-state index in [4.69, 9.17) is 0 Å². The zero-order chi connectivity index (χ0) is 19.0. The maximum Gasteiger partial charge on any atom is 0.264 e. The highest BCUT2D eigenvalue weighted by molar-refractivity contribution is 5.94. The van der Waals surface area contributed by atoms with Crippen LogP contribution in [0, 0.1) is 0 Å². The molecular formula is C19H21N5O3. The van der Waals surface area contributed by atoms with E-state index in [-0.39, 0.29) is 18.0 Å². The highest BCUT2D eigenvalue weighted by atomic mass is 16.3. The van der Waals surface area contributed by atoms with Crippen LogP contribution in [0.15, 0.2) is 47.7 Å². The van der Waals surface area contributed by atoms with Gasteiger partial charge in [-0.05, 0) is 25.0 Å². The van der Waals surface area contributed by atoms with Crippen molar-refractivity contribution in [2.24, 2.45) is 7.05 Å². The second-order valence-corrected chi connectivity index (χ2v) is 7.07. The van der Waals surface area contributed by atoms with Crippen molar-refractivity contribution < 1.29 is 9.90 Å². The number of benzene rings is 1.